The molecule has 1 saturated heterocycles. The van der Waals surface area contributed by atoms with E-state index in [0.717, 1.165) is 12.1 Å². The van der Waals surface area contributed by atoms with E-state index in [1.165, 1.54) is 11.0 Å². The smallest absolute Gasteiger partial charge is 0.242 e. The van der Waals surface area contributed by atoms with Gasteiger partial charge in [0.1, 0.15) is 0 Å². The molecule has 1 fully saturated rings. The maximum absolute atomic E-state index is 13.1. The Kier molecular flexibility index (Phi) is 5.00. The van der Waals surface area contributed by atoms with E-state index in [1.54, 1.807) is 6.92 Å². The van der Waals surface area contributed by atoms with Crippen LogP contribution in [0.25, 0.3) is 0 Å². The number of carbonyl (C=O) groups excluding carboxylic acids is 1. The van der Waals surface area contributed by atoms with Gasteiger partial charge in [-0.2, -0.15) is 0 Å². The highest BCUT2D eigenvalue weighted by Gasteiger charge is 2.33. The highest BCUT2D eigenvalue weighted by Crippen LogP contribution is 2.18. The van der Waals surface area contributed by atoms with Crippen LogP contribution < -0.4 is 5.32 Å². The molecule has 122 valence electrons. The average molecular weight is 332 g/mol. The van der Waals surface area contributed by atoms with Gasteiger partial charge in [-0.15, -0.1) is 0 Å². The van der Waals surface area contributed by atoms with Crippen LogP contribution in [0, 0.1) is 11.6 Å². The third-order valence-corrected chi connectivity index (χ3v) is 5.42. The molecular weight excluding hydrogens is 314 g/mol. The lowest BCUT2D eigenvalue weighted by Gasteiger charge is -2.27. The van der Waals surface area contributed by atoms with Gasteiger partial charge in [-0.05, 0) is 25.5 Å². The largest absolute Gasteiger partial charge is 0.376 e. The average Bonchev–Trinajstić information content (AvgIpc) is 2.81. The van der Waals surface area contributed by atoms with E-state index in [1.807, 2.05) is 0 Å². The zero-order chi connectivity index (χ0) is 16.3. The molecule has 1 atom stereocenters. The van der Waals surface area contributed by atoms with Gasteiger partial charge in [-0.1, -0.05) is 0 Å². The number of anilines is 1. The molecule has 1 aromatic carbocycles. The fourth-order valence-corrected chi connectivity index (χ4v) is 4.28. The van der Waals surface area contributed by atoms with Gasteiger partial charge in [-0.25, -0.2) is 17.2 Å². The zero-order valence-electron chi connectivity index (χ0n) is 12.2. The van der Waals surface area contributed by atoms with Crippen molar-refractivity contribution < 1.29 is 22.0 Å². The Morgan fingerprint density at radius 2 is 2.09 bits per heavy atom. The number of amides is 1. The van der Waals surface area contributed by atoms with Crippen molar-refractivity contribution in [3.05, 3.63) is 29.8 Å². The summed E-state index contributed by atoms with van der Waals surface area (Å²) in [5.74, 6) is -2.14. The second-order valence-corrected chi connectivity index (χ2v) is 7.45. The van der Waals surface area contributed by atoms with Gasteiger partial charge in [0.05, 0.1) is 18.1 Å². The number of benzene rings is 1. The summed E-state index contributed by atoms with van der Waals surface area (Å²) in [5.41, 5.74) is 0.294. The maximum Gasteiger partial charge on any atom is 0.242 e. The number of carbonyl (C=O) groups is 1. The van der Waals surface area contributed by atoms with Gasteiger partial charge < -0.3 is 10.2 Å². The van der Waals surface area contributed by atoms with E-state index in [-0.39, 0.29) is 30.0 Å². The summed E-state index contributed by atoms with van der Waals surface area (Å²) >= 11 is 0. The third kappa shape index (κ3) is 3.94. The topological polar surface area (TPSA) is 66.5 Å². The third-order valence-electron chi connectivity index (χ3n) is 3.67. The maximum atomic E-state index is 13.1. The number of sulfone groups is 1. The molecule has 0 bridgehead atoms. The minimum absolute atomic E-state index is 0.0161. The van der Waals surface area contributed by atoms with Gasteiger partial charge >= 0.3 is 0 Å². The molecule has 22 heavy (non-hydrogen) atoms. The number of rotatable bonds is 5. The van der Waals surface area contributed by atoms with E-state index >= 15 is 0 Å². The monoisotopic (exact) mass is 332 g/mol. The van der Waals surface area contributed by atoms with Crippen molar-refractivity contribution in [3.8, 4) is 0 Å². The molecular formula is C14H18F2N2O3S. The lowest BCUT2D eigenvalue weighted by Crippen LogP contribution is -2.43. The Balaban J connectivity index is 1.96. The summed E-state index contributed by atoms with van der Waals surface area (Å²) < 4.78 is 48.9. The fraction of sp³-hybridized carbons (Fsp3) is 0.500. The van der Waals surface area contributed by atoms with Crippen LogP contribution in [0.4, 0.5) is 14.5 Å². The predicted octanol–water partition coefficient (Wildman–Crippen LogP) is 1.41. The second kappa shape index (κ2) is 6.60. The summed E-state index contributed by atoms with van der Waals surface area (Å²) in [6.07, 6.45) is 0.438. The summed E-state index contributed by atoms with van der Waals surface area (Å²) in [7, 11) is -3.07. The number of likely N-dealkylation sites (N-methyl/N-ethyl adjacent to an activating group) is 1. The van der Waals surface area contributed by atoms with Crippen LogP contribution in [0.2, 0.25) is 0 Å². The van der Waals surface area contributed by atoms with E-state index in [2.05, 4.69) is 5.32 Å². The van der Waals surface area contributed by atoms with Crippen LogP contribution in [0.15, 0.2) is 18.2 Å². The highest BCUT2D eigenvalue weighted by molar-refractivity contribution is 7.91. The predicted molar refractivity (Wildman–Crippen MR) is 79.3 cm³/mol. The first kappa shape index (κ1) is 16.7. The lowest BCUT2D eigenvalue weighted by atomic mass is 10.2. The molecule has 1 heterocycles. The summed E-state index contributed by atoms with van der Waals surface area (Å²) in [5, 5.41) is 2.72. The van der Waals surface area contributed by atoms with Gasteiger partial charge in [0.25, 0.3) is 0 Å². The number of hydrogen-bond acceptors (Lipinski definition) is 4. The molecule has 1 aliphatic heterocycles. The van der Waals surface area contributed by atoms with Gasteiger partial charge in [-0.3, -0.25) is 4.79 Å². The summed E-state index contributed by atoms with van der Waals surface area (Å²) in [6, 6.07) is 2.97. The molecule has 0 spiro atoms. The van der Waals surface area contributed by atoms with Crippen molar-refractivity contribution in [2.24, 2.45) is 0 Å². The quantitative estimate of drug-likeness (QED) is 0.885. The van der Waals surface area contributed by atoms with Crippen LogP contribution >= 0.6 is 0 Å². The SMILES string of the molecule is CCN(C(=O)CNc1ccc(F)c(F)c1)C1CCS(=O)(=O)C1. The Hall–Kier alpha value is -1.70. The van der Waals surface area contributed by atoms with Crippen molar-refractivity contribution >= 4 is 21.4 Å². The van der Waals surface area contributed by atoms with Gasteiger partial charge in [0.15, 0.2) is 21.5 Å². The lowest BCUT2D eigenvalue weighted by molar-refractivity contribution is -0.130. The molecule has 2 rings (SSSR count). The molecule has 1 aromatic rings. The normalized spacial score (nSPS) is 19.9. The Bertz CT molecular complexity index is 664. The second-order valence-electron chi connectivity index (χ2n) is 5.22. The molecule has 0 aromatic heterocycles. The van der Waals surface area contributed by atoms with Crippen LogP contribution in [0.5, 0.6) is 0 Å². The Morgan fingerprint density at radius 1 is 1.36 bits per heavy atom. The van der Waals surface area contributed by atoms with E-state index in [4.69, 9.17) is 0 Å². The summed E-state index contributed by atoms with van der Waals surface area (Å²) in [6.45, 7) is 2.08. The first-order valence-electron chi connectivity index (χ1n) is 7.01. The molecule has 5 nitrogen and oxygen atoms in total. The molecule has 8 heteroatoms. The van der Waals surface area contributed by atoms with E-state index < -0.39 is 21.5 Å². The fourth-order valence-electron chi connectivity index (χ4n) is 2.54. The standard InChI is InChI=1S/C14H18F2N2O3S/c1-2-18(11-5-6-22(20,21)9-11)14(19)8-17-10-3-4-12(15)13(16)7-10/h3-4,7,11,17H,2,5-6,8-9H2,1H3. The van der Waals surface area contributed by atoms with Gasteiger partial charge in [0.2, 0.25) is 5.91 Å². The number of halogens is 2. The Morgan fingerprint density at radius 3 is 2.64 bits per heavy atom. The van der Waals surface area contributed by atoms with Crippen molar-refractivity contribution in [3.63, 3.8) is 0 Å². The molecule has 1 unspecified atom stereocenters. The first-order chi connectivity index (χ1) is 10.3. The van der Waals surface area contributed by atoms with Crippen molar-refractivity contribution in [1.82, 2.24) is 4.90 Å². The first-order valence-corrected chi connectivity index (χ1v) is 8.83. The number of hydrogen-bond donors (Lipinski definition) is 1. The van der Waals surface area contributed by atoms with E-state index in [0.29, 0.717) is 18.7 Å². The van der Waals surface area contributed by atoms with E-state index in [9.17, 15) is 22.0 Å². The van der Waals surface area contributed by atoms with Crippen molar-refractivity contribution in [2.45, 2.75) is 19.4 Å². The van der Waals surface area contributed by atoms with Gasteiger partial charge in [0, 0.05) is 24.3 Å². The number of nitrogens with one attached hydrogen (secondary N) is 1. The van der Waals surface area contributed by atoms with Crippen LogP contribution in [0.3, 0.4) is 0 Å². The Labute approximate surface area is 128 Å². The molecule has 1 aliphatic rings. The molecule has 0 saturated carbocycles. The van der Waals surface area contributed by atoms with Crippen LogP contribution in [0.1, 0.15) is 13.3 Å². The summed E-state index contributed by atoms with van der Waals surface area (Å²) in [4.78, 5) is 13.7. The minimum atomic E-state index is -3.07. The highest BCUT2D eigenvalue weighted by atomic mass is 32.2. The van der Waals surface area contributed by atoms with Crippen molar-refractivity contribution in [2.75, 3.05) is 29.9 Å². The molecule has 0 aliphatic carbocycles. The van der Waals surface area contributed by atoms with Crippen LogP contribution in [-0.4, -0.2) is 49.9 Å². The minimum Gasteiger partial charge on any atom is -0.376 e. The zero-order valence-corrected chi connectivity index (χ0v) is 13.0. The number of nitrogens with zero attached hydrogens (tertiary/aromatic N) is 1. The molecule has 1 amide bonds. The van der Waals surface area contributed by atoms with Crippen molar-refractivity contribution in [1.29, 1.82) is 0 Å². The molecule has 1 N–H and O–H groups in total. The van der Waals surface area contributed by atoms with Crippen LogP contribution in [-0.2, 0) is 14.6 Å². The molecule has 0 radical (unpaired) electrons.